The van der Waals surface area contributed by atoms with Crippen molar-refractivity contribution < 1.29 is 9.72 Å². The topological polar surface area (TPSA) is 110 Å². The Balaban J connectivity index is 1.72. The highest BCUT2D eigenvalue weighted by atomic mass is 16.6. The molecule has 0 aliphatic rings. The third-order valence-electron chi connectivity index (χ3n) is 4.36. The van der Waals surface area contributed by atoms with Crippen LogP contribution in [0.2, 0.25) is 0 Å². The summed E-state index contributed by atoms with van der Waals surface area (Å²) in [5.41, 5.74) is 4.04. The molecule has 8 heteroatoms. The molecular weight excluding hydrogens is 382 g/mol. The van der Waals surface area contributed by atoms with E-state index in [9.17, 15) is 14.9 Å². The number of carbonyl (C=O) groups excluding carboxylic acids is 1. The number of nitrogens with zero attached hydrogens (tertiary/aromatic N) is 3. The van der Waals surface area contributed by atoms with Gasteiger partial charge in [0.2, 0.25) is 5.91 Å². The quantitative estimate of drug-likeness (QED) is 0.337. The molecule has 0 spiro atoms. The Bertz CT molecular complexity index is 1090. The van der Waals surface area contributed by atoms with E-state index >= 15 is 0 Å². The van der Waals surface area contributed by atoms with E-state index in [1.54, 1.807) is 18.2 Å². The average Bonchev–Trinajstić information content (AvgIpc) is 2.73. The largest absolute Gasteiger partial charge is 0.340 e. The van der Waals surface area contributed by atoms with Crippen molar-refractivity contribution in [3.63, 3.8) is 0 Å². The lowest BCUT2D eigenvalue weighted by Crippen LogP contribution is -2.10. The molecule has 3 rings (SSSR count). The molecule has 0 bridgehead atoms. The molecule has 0 saturated carbocycles. The number of aromatic nitrogens is 2. The van der Waals surface area contributed by atoms with Gasteiger partial charge in [-0.05, 0) is 54.8 Å². The van der Waals surface area contributed by atoms with Crippen molar-refractivity contribution in [2.75, 3.05) is 10.6 Å². The van der Waals surface area contributed by atoms with Gasteiger partial charge in [-0.15, -0.1) is 0 Å². The van der Waals surface area contributed by atoms with E-state index in [4.69, 9.17) is 0 Å². The molecule has 0 aliphatic carbocycles. The van der Waals surface area contributed by atoms with Crippen LogP contribution in [0.1, 0.15) is 23.7 Å². The first-order valence-electron chi connectivity index (χ1n) is 9.36. The number of anilines is 3. The zero-order valence-corrected chi connectivity index (χ0v) is 16.6. The zero-order chi connectivity index (χ0) is 21.5. The van der Waals surface area contributed by atoms with E-state index in [-0.39, 0.29) is 11.6 Å². The van der Waals surface area contributed by atoms with Crippen LogP contribution in [-0.4, -0.2) is 20.8 Å². The monoisotopic (exact) mass is 403 g/mol. The maximum Gasteiger partial charge on any atom is 0.269 e. The number of non-ortho nitro benzene ring substituents is 1. The Hall–Kier alpha value is -4.07. The summed E-state index contributed by atoms with van der Waals surface area (Å²) in [6.45, 7) is 3.90. The minimum absolute atomic E-state index is 0.00684. The first-order chi connectivity index (χ1) is 14.4. The first kappa shape index (κ1) is 20.7. The van der Waals surface area contributed by atoms with Gasteiger partial charge in [0, 0.05) is 41.3 Å². The highest BCUT2D eigenvalue weighted by Gasteiger charge is 2.07. The predicted molar refractivity (Wildman–Crippen MR) is 117 cm³/mol. The fourth-order valence-electron chi connectivity index (χ4n) is 2.80. The lowest BCUT2D eigenvalue weighted by molar-refractivity contribution is -0.384. The van der Waals surface area contributed by atoms with Crippen molar-refractivity contribution in [1.82, 2.24) is 9.97 Å². The number of hydrogen-bond acceptors (Lipinski definition) is 6. The van der Waals surface area contributed by atoms with E-state index in [0.29, 0.717) is 17.1 Å². The van der Waals surface area contributed by atoms with Gasteiger partial charge in [-0.1, -0.05) is 13.0 Å². The number of benzene rings is 2. The number of rotatable bonds is 7. The summed E-state index contributed by atoms with van der Waals surface area (Å²) in [5, 5.41) is 16.8. The molecule has 0 fully saturated rings. The summed E-state index contributed by atoms with van der Waals surface area (Å²) in [5.74, 6) is 0.375. The molecule has 0 radical (unpaired) electrons. The highest BCUT2D eigenvalue weighted by Crippen LogP contribution is 2.24. The number of amides is 1. The lowest BCUT2D eigenvalue weighted by Gasteiger charge is -2.12. The van der Waals surface area contributed by atoms with Gasteiger partial charge < -0.3 is 10.6 Å². The van der Waals surface area contributed by atoms with Gasteiger partial charge in [-0.25, -0.2) is 9.97 Å². The Morgan fingerprint density at radius 1 is 1.13 bits per heavy atom. The summed E-state index contributed by atoms with van der Waals surface area (Å²) in [6, 6.07) is 13.5. The fraction of sp³-hybridized carbons (Fsp3) is 0.136. The van der Waals surface area contributed by atoms with Crippen molar-refractivity contribution in [1.29, 1.82) is 0 Å². The number of nitro benzene ring substituents is 1. The van der Waals surface area contributed by atoms with E-state index in [1.165, 1.54) is 24.5 Å². The molecule has 0 aliphatic heterocycles. The molecule has 30 heavy (non-hydrogen) atoms. The molecule has 8 nitrogen and oxygen atoms in total. The van der Waals surface area contributed by atoms with Crippen LogP contribution in [0, 0.1) is 17.0 Å². The van der Waals surface area contributed by atoms with Crippen LogP contribution in [-0.2, 0) is 11.2 Å². The van der Waals surface area contributed by atoms with Gasteiger partial charge in [-0.2, -0.15) is 0 Å². The number of hydrogen-bond donors (Lipinski definition) is 2. The molecule has 0 saturated heterocycles. The van der Waals surface area contributed by atoms with Gasteiger partial charge >= 0.3 is 0 Å². The normalized spacial score (nSPS) is 10.7. The van der Waals surface area contributed by atoms with Crippen molar-refractivity contribution >= 4 is 34.9 Å². The van der Waals surface area contributed by atoms with Crippen molar-refractivity contribution in [3.05, 3.63) is 87.9 Å². The molecule has 1 aromatic heterocycles. The lowest BCUT2D eigenvalue weighted by atomic mass is 10.1. The number of nitro groups is 1. The van der Waals surface area contributed by atoms with Crippen molar-refractivity contribution in [2.45, 2.75) is 20.3 Å². The summed E-state index contributed by atoms with van der Waals surface area (Å²) in [4.78, 5) is 30.9. The second-order valence-electron chi connectivity index (χ2n) is 6.57. The minimum Gasteiger partial charge on any atom is -0.340 e. The Labute approximate surface area is 173 Å². The third-order valence-corrected chi connectivity index (χ3v) is 4.36. The van der Waals surface area contributed by atoms with Crippen LogP contribution in [0.3, 0.4) is 0 Å². The second-order valence-corrected chi connectivity index (χ2v) is 6.57. The van der Waals surface area contributed by atoms with E-state index in [1.807, 2.05) is 38.1 Å². The first-order valence-corrected chi connectivity index (χ1v) is 9.36. The molecule has 1 heterocycles. The van der Waals surface area contributed by atoms with E-state index in [2.05, 4.69) is 20.6 Å². The molecule has 3 aromatic rings. The van der Waals surface area contributed by atoms with Crippen molar-refractivity contribution in [3.8, 4) is 0 Å². The van der Waals surface area contributed by atoms with Gasteiger partial charge in [0.05, 0.1) is 4.92 Å². The summed E-state index contributed by atoms with van der Waals surface area (Å²) in [7, 11) is 0. The molecular formula is C22H21N5O3. The maximum absolute atomic E-state index is 12.4. The summed E-state index contributed by atoms with van der Waals surface area (Å²) >= 11 is 0. The summed E-state index contributed by atoms with van der Waals surface area (Å²) < 4.78 is 0. The summed E-state index contributed by atoms with van der Waals surface area (Å²) in [6.07, 6.45) is 5.25. The number of aryl methyl sites for hydroxylation is 2. The van der Waals surface area contributed by atoms with Gasteiger partial charge in [0.25, 0.3) is 5.69 Å². The molecule has 2 N–H and O–H groups in total. The fourth-order valence-corrected chi connectivity index (χ4v) is 2.80. The minimum atomic E-state index is -0.462. The third kappa shape index (κ3) is 5.48. The molecule has 2 aromatic carbocycles. The highest BCUT2D eigenvalue weighted by molar-refractivity contribution is 6.02. The van der Waals surface area contributed by atoms with E-state index < -0.39 is 4.92 Å². The van der Waals surface area contributed by atoms with Crippen LogP contribution in [0.4, 0.5) is 22.9 Å². The second kappa shape index (κ2) is 9.42. The van der Waals surface area contributed by atoms with Crippen LogP contribution in [0.5, 0.6) is 0 Å². The molecule has 0 unspecified atom stereocenters. The van der Waals surface area contributed by atoms with Crippen molar-refractivity contribution in [2.24, 2.45) is 0 Å². The molecule has 152 valence electrons. The van der Waals surface area contributed by atoms with Crippen LogP contribution in [0.25, 0.3) is 6.08 Å². The molecule has 0 atom stereocenters. The Morgan fingerprint density at radius 2 is 1.90 bits per heavy atom. The standard InChI is InChI=1S/C22H21N5O3/c1-3-17-7-8-18(25-21-12-15(2)23-14-24-21)13-20(17)26-22(28)11-6-16-4-9-19(10-5-16)27(29)30/h4-14H,3H2,1-2H3,(H,26,28)(H,23,24,25)/b11-6+. The zero-order valence-electron chi connectivity index (χ0n) is 16.6. The van der Waals surface area contributed by atoms with Gasteiger partial charge in [-0.3, -0.25) is 14.9 Å². The number of carbonyl (C=O) groups is 1. The van der Waals surface area contributed by atoms with Crippen LogP contribution in [0.15, 0.2) is 60.9 Å². The smallest absolute Gasteiger partial charge is 0.269 e. The number of nitrogens with one attached hydrogen (secondary N) is 2. The SMILES string of the molecule is CCc1ccc(Nc2cc(C)ncn2)cc1NC(=O)/C=C/c1ccc([N+](=O)[O-])cc1. The van der Waals surface area contributed by atoms with Crippen LogP contribution < -0.4 is 10.6 Å². The van der Waals surface area contributed by atoms with Gasteiger partial charge in [0.15, 0.2) is 0 Å². The Kier molecular flexibility index (Phi) is 6.49. The Morgan fingerprint density at radius 3 is 2.57 bits per heavy atom. The van der Waals surface area contributed by atoms with Crippen LogP contribution >= 0.6 is 0 Å². The van der Waals surface area contributed by atoms with Gasteiger partial charge in [0.1, 0.15) is 12.1 Å². The predicted octanol–water partition coefficient (Wildman–Crippen LogP) is 4.65. The maximum atomic E-state index is 12.4. The molecule has 1 amide bonds. The average molecular weight is 403 g/mol. The van der Waals surface area contributed by atoms with E-state index in [0.717, 1.165) is 23.4 Å².